The molecule has 1 unspecified atom stereocenters. The summed E-state index contributed by atoms with van der Waals surface area (Å²) in [5.41, 5.74) is 7.79. The Balaban J connectivity index is 2.32. The highest BCUT2D eigenvalue weighted by molar-refractivity contribution is 5.49. The molecule has 0 radical (unpaired) electrons. The molecule has 3 nitrogen and oxygen atoms in total. The van der Waals surface area contributed by atoms with Crippen molar-refractivity contribution in [3.05, 3.63) is 65.2 Å². The topological polar surface area (TPSA) is 41.3 Å². The summed E-state index contributed by atoms with van der Waals surface area (Å²) in [6.07, 6.45) is 0. The summed E-state index contributed by atoms with van der Waals surface area (Å²) in [4.78, 5) is 2.10. The first-order valence-electron chi connectivity index (χ1n) is 7.36. The van der Waals surface area contributed by atoms with Crippen molar-refractivity contribution in [1.82, 2.24) is 5.43 Å². The Hall–Kier alpha value is -1.84. The zero-order valence-corrected chi connectivity index (χ0v) is 13.3. The molecular weight excluding hydrogens is 258 g/mol. The van der Waals surface area contributed by atoms with E-state index in [1.807, 2.05) is 14.1 Å². The summed E-state index contributed by atoms with van der Waals surface area (Å²) in [5, 5.41) is 0. The maximum absolute atomic E-state index is 5.80. The van der Waals surface area contributed by atoms with Gasteiger partial charge in [-0.1, -0.05) is 50.2 Å². The number of rotatable bonds is 5. The molecule has 0 heterocycles. The van der Waals surface area contributed by atoms with Gasteiger partial charge in [0.2, 0.25) is 0 Å². The Kier molecular flexibility index (Phi) is 4.99. The maximum atomic E-state index is 5.80. The molecule has 3 N–H and O–H groups in total. The predicted molar refractivity (Wildman–Crippen MR) is 90.5 cm³/mol. The lowest BCUT2D eigenvalue weighted by atomic mass is 9.95. The van der Waals surface area contributed by atoms with Gasteiger partial charge in [0.1, 0.15) is 0 Å². The standard InChI is InChI=1S/C18H25N3/c1-13(2)14-8-10-15(11-9-14)18(20-19)16-6-5-7-17(12-16)21(3)4/h5-13,18,20H,19H2,1-4H3. The molecule has 0 aliphatic heterocycles. The van der Waals surface area contributed by atoms with E-state index in [0.29, 0.717) is 5.92 Å². The van der Waals surface area contributed by atoms with E-state index >= 15 is 0 Å². The average Bonchev–Trinajstić information content (AvgIpc) is 2.49. The molecule has 0 aliphatic rings. The second-order valence-corrected chi connectivity index (χ2v) is 5.91. The van der Waals surface area contributed by atoms with E-state index in [-0.39, 0.29) is 6.04 Å². The average molecular weight is 283 g/mol. The molecule has 0 amide bonds. The third-order valence-corrected chi connectivity index (χ3v) is 3.82. The van der Waals surface area contributed by atoms with Gasteiger partial charge in [-0.05, 0) is 34.7 Å². The summed E-state index contributed by atoms with van der Waals surface area (Å²) in [6.45, 7) is 4.41. The Labute approximate surface area is 127 Å². The predicted octanol–water partition coefficient (Wildman–Crippen LogP) is 3.43. The molecule has 0 saturated heterocycles. The van der Waals surface area contributed by atoms with E-state index in [1.165, 1.54) is 22.4 Å². The van der Waals surface area contributed by atoms with Crippen LogP contribution in [-0.2, 0) is 0 Å². The SMILES string of the molecule is CC(C)c1ccc(C(NN)c2cccc(N(C)C)c2)cc1. The van der Waals surface area contributed by atoms with Crippen molar-refractivity contribution in [3.63, 3.8) is 0 Å². The van der Waals surface area contributed by atoms with Crippen LogP contribution < -0.4 is 16.2 Å². The van der Waals surface area contributed by atoms with Crippen LogP contribution in [0.15, 0.2) is 48.5 Å². The Morgan fingerprint density at radius 3 is 2.05 bits per heavy atom. The lowest BCUT2D eigenvalue weighted by Crippen LogP contribution is -2.29. The molecule has 0 bridgehead atoms. The molecule has 2 aromatic carbocycles. The number of benzene rings is 2. The van der Waals surface area contributed by atoms with Gasteiger partial charge in [0.25, 0.3) is 0 Å². The number of nitrogens with zero attached hydrogens (tertiary/aromatic N) is 1. The van der Waals surface area contributed by atoms with Gasteiger partial charge in [-0.15, -0.1) is 0 Å². The minimum Gasteiger partial charge on any atom is -0.378 e. The Morgan fingerprint density at radius 1 is 0.905 bits per heavy atom. The summed E-state index contributed by atoms with van der Waals surface area (Å²) in [6, 6.07) is 17.1. The van der Waals surface area contributed by atoms with Crippen LogP contribution >= 0.6 is 0 Å². The highest BCUT2D eigenvalue weighted by Crippen LogP contribution is 2.26. The van der Waals surface area contributed by atoms with Gasteiger partial charge in [-0.2, -0.15) is 0 Å². The van der Waals surface area contributed by atoms with E-state index in [0.717, 1.165) is 0 Å². The first-order valence-corrected chi connectivity index (χ1v) is 7.36. The monoisotopic (exact) mass is 283 g/mol. The first kappa shape index (κ1) is 15.5. The van der Waals surface area contributed by atoms with Crippen LogP contribution in [0.1, 0.15) is 42.5 Å². The molecule has 2 rings (SSSR count). The minimum atomic E-state index is 0.00566. The number of nitrogens with one attached hydrogen (secondary N) is 1. The zero-order chi connectivity index (χ0) is 15.4. The molecule has 1 atom stereocenters. The molecule has 0 saturated carbocycles. The number of hydrazine groups is 1. The quantitative estimate of drug-likeness (QED) is 0.652. The summed E-state index contributed by atoms with van der Waals surface area (Å²) < 4.78 is 0. The minimum absolute atomic E-state index is 0.00566. The molecule has 0 fully saturated rings. The van der Waals surface area contributed by atoms with Crippen LogP contribution in [0, 0.1) is 0 Å². The maximum Gasteiger partial charge on any atom is 0.0710 e. The summed E-state index contributed by atoms with van der Waals surface area (Å²) >= 11 is 0. The van der Waals surface area contributed by atoms with Crippen LogP contribution in [0.5, 0.6) is 0 Å². The molecule has 112 valence electrons. The Morgan fingerprint density at radius 2 is 1.52 bits per heavy atom. The van der Waals surface area contributed by atoms with Gasteiger partial charge >= 0.3 is 0 Å². The number of hydrogen-bond donors (Lipinski definition) is 2. The number of anilines is 1. The highest BCUT2D eigenvalue weighted by Gasteiger charge is 2.13. The molecule has 3 heteroatoms. The van der Waals surface area contributed by atoms with Crippen molar-refractivity contribution < 1.29 is 0 Å². The van der Waals surface area contributed by atoms with E-state index in [1.54, 1.807) is 0 Å². The molecule has 0 aliphatic carbocycles. The third-order valence-electron chi connectivity index (χ3n) is 3.82. The fourth-order valence-electron chi connectivity index (χ4n) is 2.44. The van der Waals surface area contributed by atoms with Crippen LogP contribution in [0.25, 0.3) is 0 Å². The van der Waals surface area contributed by atoms with Gasteiger partial charge in [0, 0.05) is 19.8 Å². The lowest BCUT2D eigenvalue weighted by molar-refractivity contribution is 0.636. The van der Waals surface area contributed by atoms with Crippen molar-refractivity contribution in [3.8, 4) is 0 Å². The molecule has 0 aromatic heterocycles. The number of nitrogens with two attached hydrogens (primary N) is 1. The van der Waals surface area contributed by atoms with Crippen molar-refractivity contribution >= 4 is 5.69 Å². The van der Waals surface area contributed by atoms with Crippen molar-refractivity contribution in [2.45, 2.75) is 25.8 Å². The highest BCUT2D eigenvalue weighted by atomic mass is 15.2. The third kappa shape index (κ3) is 3.63. The molecule has 21 heavy (non-hydrogen) atoms. The van der Waals surface area contributed by atoms with Crippen molar-refractivity contribution in [2.24, 2.45) is 5.84 Å². The summed E-state index contributed by atoms with van der Waals surface area (Å²) in [5.74, 6) is 6.34. The normalized spacial score (nSPS) is 12.5. The molecule has 0 spiro atoms. The van der Waals surface area contributed by atoms with Crippen LogP contribution in [0.3, 0.4) is 0 Å². The van der Waals surface area contributed by atoms with E-state index < -0.39 is 0 Å². The smallest absolute Gasteiger partial charge is 0.0710 e. The fourth-order valence-corrected chi connectivity index (χ4v) is 2.44. The van der Waals surface area contributed by atoms with Gasteiger partial charge in [0.05, 0.1) is 6.04 Å². The number of hydrogen-bond acceptors (Lipinski definition) is 3. The second kappa shape index (κ2) is 6.74. The largest absolute Gasteiger partial charge is 0.378 e. The van der Waals surface area contributed by atoms with E-state index in [4.69, 9.17) is 5.84 Å². The van der Waals surface area contributed by atoms with Crippen molar-refractivity contribution in [1.29, 1.82) is 0 Å². The van der Waals surface area contributed by atoms with Crippen LogP contribution in [0.2, 0.25) is 0 Å². The van der Waals surface area contributed by atoms with Gasteiger partial charge in [0.15, 0.2) is 0 Å². The lowest BCUT2D eigenvalue weighted by Gasteiger charge is -2.20. The van der Waals surface area contributed by atoms with E-state index in [2.05, 4.69) is 72.7 Å². The van der Waals surface area contributed by atoms with E-state index in [9.17, 15) is 0 Å². The van der Waals surface area contributed by atoms with Gasteiger partial charge < -0.3 is 4.90 Å². The zero-order valence-electron chi connectivity index (χ0n) is 13.3. The van der Waals surface area contributed by atoms with Crippen LogP contribution in [-0.4, -0.2) is 14.1 Å². The molecule has 2 aromatic rings. The van der Waals surface area contributed by atoms with Crippen molar-refractivity contribution in [2.75, 3.05) is 19.0 Å². The Bertz CT molecular complexity index is 573. The van der Waals surface area contributed by atoms with Gasteiger partial charge in [-0.25, -0.2) is 5.43 Å². The first-order chi connectivity index (χ1) is 10.0. The second-order valence-electron chi connectivity index (χ2n) is 5.91. The molecular formula is C18H25N3. The van der Waals surface area contributed by atoms with Gasteiger partial charge in [-0.3, -0.25) is 5.84 Å². The van der Waals surface area contributed by atoms with Crippen LogP contribution in [0.4, 0.5) is 5.69 Å². The summed E-state index contributed by atoms with van der Waals surface area (Å²) in [7, 11) is 4.09. The fraction of sp³-hybridized carbons (Fsp3) is 0.333.